The summed E-state index contributed by atoms with van der Waals surface area (Å²) >= 11 is 12.9. The first-order valence-electron chi connectivity index (χ1n) is 12.8. The van der Waals surface area contributed by atoms with Gasteiger partial charge >= 0.3 is 0 Å². The lowest BCUT2D eigenvalue weighted by atomic mass is 10.0. The number of carbonyl (C=O) groups excluding carboxylic acids is 2. The second-order valence-corrected chi connectivity index (χ2v) is 11.9. The van der Waals surface area contributed by atoms with E-state index in [1.165, 1.54) is 30.1 Å². The van der Waals surface area contributed by atoms with Crippen LogP contribution in [-0.2, 0) is 32.6 Å². The molecule has 212 valence electrons. The molecule has 0 unspecified atom stereocenters. The van der Waals surface area contributed by atoms with Crippen LogP contribution in [0.25, 0.3) is 0 Å². The van der Waals surface area contributed by atoms with Gasteiger partial charge in [-0.1, -0.05) is 102 Å². The number of nitrogens with one attached hydrogen (secondary N) is 1. The third-order valence-corrected chi connectivity index (χ3v) is 9.01. The van der Waals surface area contributed by atoms with Gasteiger partial charge in [0.25, 0.3) is 10.0 Å². The minimum atomic E-state index is -4.22. The Hall–Kier alpha value is -3.85. The first kappa shape index (κ1) is 30.1. The third-order valence-electron chi connectivity index (χ3n) is 6.55. The summed E-state index contributed by atoms with van der Waals surface area (Å²) in [4.78, 5) is 28.9. The number of halogens is 2. The van der Waals surface area contributed by atoms with Gasteiger partial charge in [0, 0.05) is 25.0 Å². The molecule has 4 rings (SSSR count). The van der Waals surface area contributed by atoms with Crippen LogP contribution in [-0.4, -0.2) is 44.8 Å². The summed E-state index contributed by atoms with van der Waals surface area (Å²) in [5, 5.41) is 3.23. The molecule has 0 radical (unpaired) electrons. The zero-order chi connectivity index (χ0) is 29.4. The molecular weight excluding hydrogens is 581 g/mol. The molecule has 4 aromatic carbocycles. The van der Waals surface area contributed by atoms with Crippen LogP contribution in [0.2, 0.25) is 10.0 Å². The van der Waals surface area contributed by atoms with Crippen LogP contribution < -0.4 is 9.62 Å². The maximum atomic E-state index is 14.2. The largest absolute Gasteiger partial charge is 0.357 e. The molecule has 2 amide bonds. The van der Waals surface area contributed by atoms with Crippen molar-refractivity contribution in [3.05, 3.63) is 130 Å². The molecule has 10 heteroatoms. The number of nitrogens with zero attached hydrogens (tertiary/aromatic N) is 2. The van der Waals surface area contributed by atoms with Gasteiger partial charge in [0.2, 0.25) is 11.8 Å². The van der Waals surface area contributed by atoms with Gasteiger partial charge in [0.1, 0.15) is 12.6 Å². The van der Waals surface area contributed by atoms with Gasteiger partial charge in [0.05, 0.1) is 15.6 Å². The summed E-state index contributed by atoms with van der Waals surface area (Å²) in [6.07, 6.45) is 0.203. The third kappa shape index (κ3) is 7.27. The molecular formula is C31H29Cl2N3O4S. The Morgan fingerprint density at radius 1 is 0.780 bits per heavy atom. The van der Waals surface area contributed by atoms with E-state index in [9.17, 15) is 18.0 Å². The Balaban J connectivity index is 1.80. The van der Waals surface area contributed by atoms with Crippen molar-refractivity contribution in [2.24, 2.45) is 0 Å². The van der Waals surface area contributed by atoms with Crippen molar-refractivity contribution in [2.45, 2.75) is 23.9 Å². The Kier molecular flexibility index (Phi) is 10.0. The van der Waals surface area contributed by atoms with Crippen LogP contribution in [0.3, 0.4) is 0 Å². The van der Waals surface area contributed by atoms with Crippen molar-refractivity contribution in [1.82, 2.24) is 10.2 Å². The van der Waals surface area contributed by atoms with E-state index in [2.05, 4.69) is 5.32 Å². The smallest absolute Gasteiger partial charge is 0.264 e. The molecule has 0 fully saturated rings. The van der Waals surface area contributed by atoms with Gasteiger partial charge in [-0.15, -0.1) is 0 Å². The summed E-state index contributed by atoms with van der Waals surface area (Å²) in [6, 6.07) is 29.6. The zero-order valence-electron chi connectivity index (χ0n) is 22.3. The second kappa shape index (κ2) is 13.7. The van der Waals surface area contributed by atoms with Gasteiger partial charge in [-0.2, -0.15) is 0 Å². The summed E-state index contributed by atoms with van der Waals surface area (Å²) in [6.45, 7) is -0.626. The number of anilines is 1. The first-order valence-corrected chi connectivity index (χ1v) is 15.0. The Morgan fingerprint density at radius 2 is 1.34 bits per heavy atom. The molecule has 7 nitrogen and oxygen atoms in total. The van der Waals surface area contributed by atoms with Gasteiger partial charge in [-0.3, -0.25) is 13.9 Å². The molecule has 41 heavy (non-hydrogen) atoms. The minimum absolute atomic E-state index is 0.00231. The first-order chi connectivity index (χ1) is 19.7. The summed E-state index contributed by atoms with van der Waals surface area (Å²) in [7, 11) is -2.73. The lowest BCUT2D eigenvalue weighted by Gasteiger charge is -2.34. The highest BCUT2D eigenvalue weighted by molar-refractivity contribution is 7.92. The molecule has 0 bridgehead atoms. The van der Waals surface area contributed by atoms with Crippen LogP contribution in [0.4, 0.5) is 5.69 Å². The van der Waals surface area contributed by atoms with Crippen molar-refractivity contribution < 1.29 is 18.0 Å². The maximum absolute atomic E-state index is 14.2. The number of likely N-dealkylation sites (N-methyl/N-ethyl adjacent to an activating group) is 1. The standard InChI is InChI=1S/C31H29Cl2N3O4S/c1-34-31(38)29(20-23-12-4-2-5-13-23)35(21-24-14-8-9-17-26(24)32)30(37)22-36(28-19-11-10-18-27(28)33)41(39,40)25-15-6-3-7-16-25/h2-19,29H,20-22H2,1H3,(H,34,38)/t29-/m0/s1. The average Bonchev–Trinajstić information content (AvgIpc) is 2.99. The maximum Gasteiger partial charge on any atom is 0.264 e. The number of sulfonamides is 1. The highest BCUT2D eigenvalue weighted by Gasteiger charge is 2.35. The zero-order valence-corrected chi connectivity index (χ0v) is 24.6. The number of benzene rings is 4. The number of hydrogen-bond donors (Lipinski definition) is 1. The van der Waals surface area contributed by atoms with Gasteiger partial charge in [0.15, 0.2) is 0 Å². The van der Waals surface area contributed by atoms with Crippen molar-refractivity contribution in [2.75, 3.05) is 17.9 Å². The van der Waals surface area contributed by atoms with E-state index in [0.29, 0.717) is 10.6 Å². The predicted octanol–water partition coefficient (Wildman–Crippen LogP) is 5.57. The van der Waals surface area contributed by atoms with E-state index in [1.54, 1.807) is 60.7 Å². The fourth-order valence-corrected chi connectivity index (χ4v) is 6.36. The van der Waals surface area contributed by atoms with Crippen molar-refractivity contribution in [3.63, 3.8) is 0 Å². The Bertz CT molecular complexity index is 1600. The molecule has 0 saturated carbocycles. The highest BCUT2D eigenvalue weighted by Crippen LogP contribution is 2.31. The van der Waals surface area contributed by atoms with Crippen LogP contribution in [0.5, 0.6) is 0 Å². The van der Waals surface area contributed by atoms with Crippen molar-refractivity contribution in [3.8, 4) is 0 Å². The Labute approximate surface area is 250 Å². The minimum Gasteiger partial charge on any atom is -0.357 e. The van der Waals surface area contributed by atoms with E-state index in [1.807, 2.05) is 30.3 Å². The van der Waals surface area contributed by atoms with Crippen molar-refractivity contribution in [1.29, 1.82) is 0 Å². The van der Waals surface area contributed by atoms with Crippen LogP contribution >= 0.6 is 23.2 Å². The summed E-state index contributed by atoms with van der Waals surface area (Å²) in [5.74, 6) is -1.00. The van der Waals surface area contributed by atoms with E-state index in [4.69, 9.17) is 23.2 Å². The van der Waals surface area contributed by atoms with E-state index in [0.717, 1.165) is 9.87 Å². The van der Waals surface area contributed by atoms with E-state index >= 15 is 0 Å². The van der Waals surface area contributed by atoms with Crippen LogP contribution in [0.1, 0.15) is 11.1 Å². The molecule has 0 heterocycles. The molecule has 0 aliphatic heterocycles. The molecule has 0 aromatic heterocycles. The van der Waals surface area contributed by atoms with E-state index < -0.39 is 34.4 Å². The Morgan fingerprint density at radius 3 is 1.95 bits per heavy atom. The van der Waals surface area contributed by atoms with E-state index in [-0.39, 0.29) is 28.6 Å². The molecule has 0 saturated heterocycles. The second-order valence-electron chi connectivity index (χ2n) is 9.21. The summed E-state index contributed by atoms with van der Waals surface area (Å²) < 4.78 is 28.8. The fraction of sp³-hybridized carbons (Fsp3) is 0.161. The number of rotatable bonds is 11. The van der Waals surface area contributed by atoms with Gasteiger partial charge in [-0.25, -0.2) is 8.42 Å². The molecule has 0 aliphatic rings. The summed E-state index contributed by atoms with van der Waals surface area (Å²) in [5.41, 5.74) is 1.58. The topological polar surface area (TPSA) is 86.8 Å². The quantitative estimate of drug-likeness (QED) is 0.241. The molecule has 0 spiro atoms. The monoisotopic (exact) mass is 609 g/mol. The average molecular weight is 611 g/mol. The highest BCUT2D eigenvalue weighted by atomic mass is 35.5. The van der Waals surface area contributed by atoms with Crippen molar-refractivity contribution >= 4 is 50.7 Å². The molecule has 1 N–H and O–H groups in total. The number of carbonyl (C=O) groups is 2. The molecule has 1 atom stereocenters. The number of amides is 2. The molecule has 4 aromatic rings. The number of hydrogen-bond acceptors (Lipinski definition) is 4. The van der Waals surface area contributed by atoms with Gasteiger partial charge in [-0.05, 0) is 41.5 Å². The van der Waals surface area contributed by atoms with Crippen LogP contribution in [0.15, 0.2) is 114 Å². The van der Waals surface area contributed by atoms with Crippen LogP contribution in [0, 0.1) is 0 Å². The lowest BCUT2D eigenvalue weighted by molar-refractivity contribution is -0.139. The number of para-hydroxylation sites is 1. The SMILES string of the molecule is CNC(=O)[C@H](Cc1ccccc1)N(Cc1ccccc1Cl)C(=O)CN(c1ccccc1Cl)S(=O)(=O)c1ccccc1. The normalized spacial score (nSPS) is 11.9. The fourth-order valence-electron chi connectivity index (χ4n) is 4.42. The van der Waals surface area contributed by atoms with Gasteiger partial charge < -0.3 is 10.2 Å². The molecule has 0 aliphatic carbocycles. The predicted molar refractivity (Wildman–Crippen MR) is 162 cm³/mol. The lowest BCUT2D eigenvalue weighted by Crippen LogP contribution is -2.53.